The number of para-hydroxylation sites is 1. The molecule has 0 aliphatic heterocycles. The monoisotopic (exact) mass is 494 g/mol. The van der Waals surface area contributed by atoms with E-state index in [0.717, 1.165) is 40.0 Å². The van der Waals surface area contributed by atoms with Crippen LogP contribution in [-0.2, 0) is 6.42 Å². The normalized spacial score (nSPS) is 12.0. The Hall–Kier alpha value is -3.86. The zero-order valence-corrected chi connectivity index (χ0v) is 20.2. The molecule has 0 saturated carbocycles. The van der Waals surface area contributed by atoms with Crippen LogP contribution >= 0.6 is 23.2 Å². The van der Waals surface area contributed by atoms with Crippen LogP contribution in [0.15, 0.2) is 114 Å². The second kappa shape index (κ2) is 9.06. The third-order valence-corrected chi connectivity index (χ3v) is 6.46. The van der Waals surface area contributed by atoms with Crippen LogP contribution in [0.25, 0.3) is 22.2 Å². The van der Waals surface area contributed by atoms with Crippen LogP contribution in [0.4, 0.5) is 5.69 Å². The molecule has 170 valence electrons. The van der Waals surface area contributed by atoms with Gasteiger partial charge in [-0.15, -0.1) is 0 Å². The molecule has 0 aliphatic carbocycles. The predicted octanol–water partition coefficient (Wildman–Crippen LogP) is 7.41. The number of nitrogens with zero attached hydrogens (tertiary/aromatic N) is 4. The maximum absolute atomic E-state index is 6.20. The van der Waals surface area contributed by atoms with Crippen molar-refractivity contribution in [2.45, 2.75) is 6.42 Å². The molecule has 35 heavy (non-hydrogen) atoms. The Morgan fingerprint density at radius 2 is 1.37 bits per heavy atom. The molecule has 0 radical (unpaired) electrons. The molecule has 0 bridgehead atoms. The van der Waals surface area contributed by atoms with Gasteiger partial charge in [-0.1, -0.05) is 65.7 Å². The summed E-state index contributed by atoms with van der Waals surface area (Å²) in [6.45, 7) is 0. The highest BCUT2D eigenvalue weighted by Gasteiger charge is 2.16. The lowest BCUT2D eigenvalue weighted by Gasteiger charge is -2.09. The maximum Gasteiger partial charge on any atom is 0.236 e. The highest BCUT2D eigenvalue weighted by Crippen LogP contribution is 2.25. The van der Waals surface area contributed by atoms with Gasteiger partial charge >= 0.3 is 0 Å². The van der Waals surface area contributed by atoms with E-state index >= 15 is 0 Å². The van der Waals surface area contributed by atoms with E-state index in [0.29, 0.717) is 15.7 Å². The van der Waals surface area contributed by atoms with Gasteiger partial charge in [0.15, 0.2) is 0 Å². The predicted molar refractivity (Wildman–Crippen MR) is 143 cm³/mol. The Bertz CT molecular complexity index is 1720. The van der Waals surface area contributed by atoms with E-state index in [-0.39, 0.29) is 0 Å². The van der Waals surface area contributed by atoms with Crippen molar-refractivity contribution in [2.24, 2.45) is 4.99 Å². The lowest BCUT2D eigenvalue weighted by Crippen LogP contribution is -2.20. The van der Waals surface area contributed by atoms with Crippen molar-refractivity contribution in [3.63, 3.8) is 0 Å². The number of aromatic nitrogens is 3. The van der Waals surface area contributed by atoms with E-state index in [1.807, 2.05) is 72.8 Å². The first kappa shape index (κ1) is 21.7. The number of hydrogen-bond donors (Lipinski definition) is 0. The first-order valence-corrected chi connectivity index (χ1v) is 12.0. The number of hydrogen-bond acceptors (Lipinski definition) is 2. The largest absolute Gasteiger partial charge is 0.301 e. The molecule has 0 aliphatic rings. The first-order chi connectivity index (χ1) is 17.2. The molecular weight excluding hydrogens is 475 g/mol. The van der Waals surface area contributed by atoms with Crippen LogP contribution in [0.2, 0.25) is 10.0 Å². The van der Waals surface area contributed by atoms with E-state index in [1.54, 1.807) is 0 Å². The molecule has 0 N–H and O–H groups in total. The van der Waals surface area contributed by atoms with E-state index in [2.05, 4.69) is 45.5 Å². The van der Waals surface area contributed by atoms with Crippen LogP contribution in [0.1, 0.15) is 11.3 Å². The highest BCUT2D eigenvalue weighted by molar-refractivity contribution is 6.30. The average Bonchev–Trinajstić information content (AvgIpc) is 3.26. The van der Waals surface area contributed by atoms with Gasteiger partial charge in [0.25, 0.3) is 0 Å². The minimum absolute atomic E-state index is 0.611. The minimum Gasteiger partial charge on any atom is -0.301 e. The molecule has 4 aromatic carbocycles. The lowest BCUT2D eigenvalue weighted by atomic mass is 10.1. The fourth-order valence-corrected chi connectivity index (χ4v) is 4.59. The minimum atomic E-state index is 0.611. The number of imidazole rings is 1. The zero-order chi connectivity index (χ0) is 23.8. The van der Waals surface area contributed by atoms with Crippen molar-refractivity contribution in [1.82, 2.24) is 14.0 Å². The molecule has 6 aromatic rings. The molecule has 0 spiro atoms. The van der Waals surface area contributed by atoms with Gasteiger partial charge < -0.3 is 4.57 Å². The molecule has 2 aromatic heterocycles. The van der Waals surface area contributed by atoms with E-state index < -0.39 is 0 Å². The summed E-state index contributed by atoms with van der Waals surface area (Å²) in [5.41, 5.74) is 6.57. The Morgan fingerprint density at radius 3 is 2.11 bits per heavy atom. The van der Waals surface area contributed by atoms with Crippen molar-refractivity contribution < 1.29 is 0 Å². The molecule has 0 atom stereocenters. The molecular formula is C29H20Cl2N4. The smallest absolute Gasteiger partial charge is 0.236 e. The Kier molecular flexibility index (Phi) is 5.61. The Balaban J connectivity index is 1.72. The lowest BCUT2D eigenvalue weighted by molar-refractivity contribution is 0.911. The van der Waals surface area contributed by atoms with Gasteiger partial charge in [-0.05, 0) is 66.2 Å². The van der Waals surface area contributed by atoms with Crippen molar-refractivity contribution in [3.05, 3.63) is 136 Å². The summed E-state index contributed by atoms with van der Waals surface area (Å²) in [4.78, 5) is 9.92. The molecule has 6 heteroatoms. The third-order valence-electron chi connectivity index (χ3n) is 5.96. The topological polar surface area (TPSA) is 34.6 Å². The molecule has 6 rings (SSSR count). The second-order valence-corrected chi connectivity index (χ2v) is 9.18. The van der Waals surface area contributed by atoms with Crippen molar-refractivity contribution >= 4 is 45.4 Å². The van der Waals surface area contributed by atoms with Crippen LogP contribution in [0.5, 0.6) is 0 Å². The zero-order valence-electron chi connectivity index (χ0n) is 18.6. The average molecular weight is 495 g/mol. The van der Waals surface area contributed by atoms with Crippen LogP contribution in [-0.4, -0.2) is 14.0 Å². The summed E-state index contributed by atoms with van der Waals surface area (Å²) in [6.07, 6.45) is 2.90. The van der Waals surface area contributed by atoms with Crippen LogP contribution in [0, 0.1) is 0 Å². The van der Waals surface area contributed by atoms with Crippen LogP contribution < -0.4 is 5.62 Å². The fourth-order valence-electron chi connectivity index (χ4n) is 4.34. The molecule has 0 fully saturated rings. The van der Waals surface area contributed by atoms with Crippen LogP contribution in [0.3, 0.4) is 0 Å². The second-order valence-electron chi connectivity index (χ2n) is 8.31. The van der Waals surface area contributed by atoms with Gasteiger partial charge in [0.05, 0.1) is 11.2 Å². The molecule has 2 heterocycles. The quantitative estimate of drug-likeness (QED) is 0.251. The van der Waals surface area contributed by atoms with E-state index in [9.17, 15) is 0 Å². The number of fused-ring (bicyclic) bond motifs is 3. The van der Waals surface area contributed by atoms with Gasteiger partial charge in [0.2, 0.25) is 5.62 Å². The van der Waals surface area contributed by atoms with Crippen molar-refractivity contribution in [3.8, 4) is 5.69 Å². The third kappa shape index (κ3) is 4.23. The Labute approximate surface area is 212 Å². The van der Waals surface area contributed by atoms with Gasteiger partial charge in [-0.25, -0.2) is 9.98 Å². The summed E-state index contributed by atoms with van der Waals surface area (Å²) >= 11 is 12.3. The Morgan fingerprint density at radius 1 is 0.714 bits per heavy atom. The summed E-state index contributed by atoms with van der Waals surface area (Å²) in [5.74, 6) is 0. The molecule has 0 amide bonds. The summed E-state index contributed by atoms with van der Waals surface area (Å²) in [6, 6.07) is 33.9. The fraction of sp³-hybridized carbons (Fsp3) is 0.0345. The number of halogens is 2. The van der Waals surface area contributed by atoms with Crippen molar-refractivity contribution in [1.29, 1.82) is 0 Å². The molecule has 4 nitrogen and oxygen atoms in total. The van der Waals surface area contributed by atoms with Gasteiger partial charge in [0, 0.05) is 39.4 Å². The standard InChI is InChI=1S/C29H20Cl2N4/c30-21-10-14-23(15-11-21)32-29-33-27-9-5-4-8-26(27)28-34(24-16-12-22(31)13-17-24)19-25(35(28)29)18-20-6-2-1-3-7-20/h1-17,19H,18H2. The van der Waals surface area contributed by atoms with E-state index in [1.165, 1.54) is 5.56 Å². The summed E-state index contributed by atoms with van der Waals surface area (Å²) in [5, 5.41) is 2.41. The summed E-state index contributed by atoms with van der Waals surface area (Å²) < 4.78 is 4.35. The number of rotatable bonds is 4. The maximum atomic E-state index is 6.20. The summed E-state index contributed by atoms with van der Waals surface area (Å²) in [7, 11) is 0. The van der Waals surface area contributed by atoms with Gasteiger partial charge in [-0.2, -0.15) is 0 Å². The SMILES string of the molecule is Clc1ccc(N=c2nc3ccccc3c3n(-c4ccc(Cl)cc4)cc(Cc4ccccc4)n23)cc1. The van der Waals surface area contributed by atoms with Crippen molar-refractivity contribution in [2.75, 3.05) is 0 Å². The highest BCUT2D eigenvalue weighted by atomic mass is 35.5. The molecule has 0 saturated heterocycles. The van der Waals surface area contributed by atoms with Gasteiger partial charge in [-0.3, -0.25) is 4.40 Å². The first-order valence-electron chi connectivity index (χ1n) is 11.3. The number of benzene rings is 4. The van der Waals surface area contributed by atoms with E-state index in [4.69, 9.17) is 33.2 Å². The molecule has 0 unspecified atom stereocenters. The van der Waals surface area contributed by atoms with Gasteiger partial charge in [0.1, 0.15) is 5.65 Å².